The summed E-state index contributed by atoms with van der Waals surface area (Å²) in [4.78, 5) is 54.3. The molecule has 174 valence electrons. The SMILES string of the molecule is Cc1ccc2nc(-c3ccc(NC(=O)COC(=O)c4ccc5c(c4)C(=O)N(C)C5=O)cc3)sc2c1. The van der Waals surface area contributed by atoms with E-state index in [2.05, 4.69) is 16.4 Å². The van der Waals surface area contributed by atoms with Gasteiger partial charge in [0.05, 0.1) is 26.9 Å². The lowest BCUT2D eigenvalue weighted by molar-refractivity contribution is -0.119. The molecule has 1 aliphatic heterocycles. The van der Waals surface area contributed by atoms with Gasteiger partial charge in [-0.1, -0.05) is 6.07 Å². The van der Waals surface area contributed by atoms with E-state index in [1.165, 1.54) is 30.8 Å². The number of aryl methyl sites for hydroxylation is 1. The molecule has 9 heteroatoms. The summed E-state index contributed by atoms with van der Waals surface area (Å²) in [5.41, 5.74) is 4.07. The number of anilines is 1. The fourth-order valence-electron chi connectivity index (χ4n) is 3.75. The predicted molar refractivity (Wildman–Crippen MR) is 132 cm³/mol. The van der Waals surface area contributed by atoms with Gasteiger partial charge in [-0.05, 0) is 67.1 Å². The zero-order valence-corrected chi connectivity index (χ0v) is 19.6. The number of nitrogens with one attached hydrogen (secondary N) is 1. The molecule has 0 radical (unpaired) electrons. The number of carbonyl (C=O) groups excluding carboxylic acids is 4. The maximum Gasteiger partial charge on any atom is 0.338 e. The van der Waals surface area contributed by atoms with Crippen molar-refractivity contribution in [1.82, 2.24) is 9.88 Å². The smallest absolute Gasteiger partial charge is 0.338 e. The standard InChI is InChI=1S/C26H19N3O5S/c1-14-3-10-20-21(11-14)35-23(28-20)15-4-7-17(8-5-15)27-22(30)13-34-26(33)16-6-9-18-19(12-16)25(32)29(2)24(18)31/h3-12H,13H2,1-2H3,(H,27,30). The molecule has 0 bridgehead atoms. The van der Waals surface area contributed by atoms with Crippen LogP contribution in [-0.4, -0.2) is 47.2 Å². The highest BCUT2D eigenvalue weighted by Gasteiger charge is 2.33. The molecule has 0 spiro atoms. The Morgan fingerprint density at radius 1 is 0.971 bits per heavy atom. The van der Waals surface area contributed by atoms with Crippen molar-refractivity contribution < 1.29 is 23.9 Å². The zero-order chi connectivity index (χ0) is 24.7. The van der Waals surface area contributed by atoms with Gasteiger partial charge in [-0.25, -0.2) is 9.78 Å². The molecule has 0 saturated heterocycles. The number of ether oxygens (including phenoxy) is 1. The van der Waals surface area contributed by atoms with Crippen LogP contribution in [0.1, 0.15) is 36.6 Å². The minimum Gasteiger partial charge on any atom is -0.452 e. The van der Waals surface area contributed by atoms with E-state index in [0.717, 1.165) is 25.7 Å². The Bertz CT molecular complexity index is 1520. The van der Waals surface area contributed by atoms with Crippen molar-refractivity contribution in [3.8, 4) is 10.6 Å². The van der Waals surface area contributed by atoms with E-state index in [1.54, 1.807) is 23.5 Å². The third kappa shape index (κ3) is 4.29. The molecule has 1 aliphatic rings. The number of hydrogen-bond donors (Lipinski definition) is 1. The maximum absolute atomic E-state index is 12.3. The topological polar surface area (TPSA) is 106 Å². The first-order chi connectivity index (χ1) is 16.8. The predicted octanol–water partition coefficient (Wildman–Crippen LogP) is 4.29. The molecule has 3 amide bonds. The van der Waals surface area contributed by atoms with Gasteiger partial charge in [-0.2, -0.15) is 0 Å². The Morgan fingerprint density at radius 3 is 2.49 bits per heavy atom. The van der Waals surface area contributed by atoms with Crippen molar-refractivity contribution in [2.75, 3.05) is 19.0 Å². The van der Waals surface area contributed by atoms with Gasteiger partial charge in [0, 0.05) is 18.3 Å². The Kier molecular flexibility index (Phi) is 5.62. The first-order valence-electron chi connectivity index (χ1n) is 10.7. The van der Waals surface area contributed by atoms with Crippen molar-refractivity contribution in [2.24, 2.45) is 0 Å². The molecular formula is C26H19N3O5S. The van der Waals surface area contributed by atoms with Crippen molar-refractivity contribution in [3.05, 3.63) is 82.9 Å². The second-order valence-electron chi connectivity index (χ2n) is 8.12. The van der Waals surface area contributed by atoms with Crippen LogP contribution in [0.15, 0.2) is 60.7 Å². The second kappa shape index (κ2) is 8.77. The van der Waals surface area contributed by atoms with Crippen LogP contribution in [0, 0.1) is 6.92 Å². The molecule has 35 heavy (non-hydrogen) atoms. The summed E-state index contributed by atoms with van der Waals surface area (Å²) >= 11 is 1.60. The summed E-state index contributed by atoms with van der Waals surface area (Å²) in [5, 5.41) is 3.57. The van der Waals surface area contributed by atoms with Crippen LogP contribution >= 0.6 is 11.3 Å². The van der Waals surface area contributed by atoms with E-state index < -0.39 is 30.3 Å². The Balaban J connectivity index is 1.19. The van der Waals surface area contributed by atoms with Crippen LogP contribution in [0.25, 0.3) is 20.8 Å². The molecule has 4 aromatic rings. The summed E-state index contributed by atoms with van der Waals surface area (Å²) in [7, 11) is 1.37. The molecule has 2 heterocycles. The molecule has 5 rings (SSSR count). The monoisotopic (exact) mass is 485 g/mol. The number of esters is 1. The van der Waals surface area contributed by atoms with Crippen LogP contribution in [0.3, 0.4) is 0 Å². The molecule has 0 atom stereocenters. The van der Waals surface area contributed by atoms with Gasteiger partial charge >= 0.3 is 5.97 Å². The van der Waals surface area contributed by atoms with Gasteiger partial charge in [-0.15, -0.1) is 11.3 Å². The number of thiazole rings is 1. The van der Waals surface area contributed by atoms with Crippen molar-refractivity contribution in [3.63, 3.8) is 0 Å². The first-order valence-corrected chi connectivity index (χ1v) is 11.5. The third-order valence-corrected chi connectivity index (χ3v) is 6.69. The van der Waals surface area contributed by atoms with Crippen molar-refractivity contribution in [2.45, 2.75) is 6.92 Å². The Hall–Kier alpha value is -4.37. The molecular weight excluding hydrogens is 466 g/mol. The van der Waals surface area contributed by atoms with E-state index in [1.807, 2.05) is 31.2 Å². The van der Waals surface area contributed by atoms with E-state index in [4.69, 9.17) is 4.74 Å². The van der Waals surface area contributed by atoms with Gasteiger partial charge in [0.15, 0.2) is 6.61 Å². The fraction of sp³-hybridized carbons (Fsp3) is 0.115. The van der Waals surface area contributed by atoms with E-state index in [0.29, 0.717) is 5.69 Å². The number of benzene rings is 3. The molecule has 3 aromatic carbocycles. The van der Waals surface area contributed by atoms with Crippen LogP contribution in [0.4, 0.5) is 5.69 Å². The molecule has 0 aliphatic carbocycles. The Morgan fingerprint density at radius 2 is 1.71 bits per heavy atom. The number of nitrogens with zero attached hydrogens (tertiary/aromatic N) is 2. The molecule has 0 saturated carbocycles. The molecule has 0 fully saturated rings. The number of rotatable bonds is 5. The quantitative estimate of drug-likeness (QED) is 0.334. The molecule has 0 unspecified atom stereocenters. The minimum absolute atomic E-state index is 0.0865. The summed E-state index contributed by atoms with van der Waals surface area (Å²) in [6, 6.07) is 17.5. The molecule has 8 nitrogen and oxygen atoms in total. The highest BCUT2D eigenvalue weighted by molar-refractivity contribution is 7.21. The van der Waals surface area contributed by atoms with E-state index in [-0.39, 0.29) is 16.7 Å². The maximum atomic E-state index is 12.3. The van der Waals surface area contributed by atoms with Crippen molar-refractivity contribution >= 4 is 50.9 Å². The van der Waals surface area contributed by atoms with Crippen LogP contribution in [0.2, 0.25) is 0 Å². The summed E-state index contributed by atoms with van der Waals surface area (Å²) in [6.07, 6.45) is 0. The van der Waals surface area contributed by atoms with E-state index >= 15 is 0 Å². The lowest BCUT2D eigenvalue weighted by atomic mass is 10.1. The van der Waals surface area contributed by atoms with Gasteiger partial charge < -0.3 is 10.1 Å². The number of carbonyl (C=O) groups is 4. The highest BCUT2D eigenvalue weighted by Crippen LogP contribution is 2.31. The van der Waals surface area contributed by atoms with Crippen LogP contribution in [0.5, 0.6) is 0 Å². The van der Waals surface area contributed by atoms with Crippen molar-refractivity contribution in [1.29, 1.82) is 0 Å². The average molecular weight is 486 g/mol. The van der Waals surface area contributed by atoms with Crippen LogP contribution in [-0.2, 0) is 9.53 Å². The fourth-order valence-corrected chi connectivity index (χ4v) is 4.82. The number of fused-ring (bicyclic) bond motifs is 2. The number of imide groups is 1. The number of amides is 3. The molecule has 1 N–H and O–H groups in total. The second-order valence-corrected chi connectivity index (χ2v) is 9.15. The lowest BCUT2D eigenvalue weighted by Crippen LogP contribution is -2.24. The summed E-state index contributed by atoms with van der Waals surface area (Å²) in [6.45, 7) is 1.54. The lowest BCUT2D eigenvalue weighted by Gasteiger charge is -2.08. The number of hydrogen-bond acceptors (Lipinski definition) is 7. The van der Waals surface area contributed by atoms with Gasteiger partial charge in [-0.3, -0.25) is 19.3 Å². The average Bonchev–Trinajstić information content (AvgIpc) is 3.37. The summed E-state index contributed by atoms with van der Waals surface area (Å²) < 4.78 is 6.19. The zero-order valence-electron chi connectivity index (χ0n) is 18.8. The number of aromatic nitrogens is 1. The normalized spacial score (nSPS) is 12.7. The third-order valence-electron chi connectivity index (χ3n) is 5.62. The highest BCUT2D eigenvalue weighted by atomic mass is 32.1. The van der Waals surface area contributed by atoms with Gasteiger partial charge in [0.2, 0.25) is 0 Å². The van der Waals surface area contributed by atoms with E-state index in [9.17, 15) is 19.2 Å². The molecule has 1 aromatic heterocycles. The first kappa shape index (κ1) is 22.4. The summed E-state index contributed by atoms with van der Waals surface area (Å²) in [5.74, 6) is -2.18. The largest absolute Gasteiger partial charge is 0.452 e. The van der Waals surface area contributed by atoms with Crippen LogP contribution < -0.4 is 5.32 Å². The minimum atomic E-state index is -0.765. The Labute approximate surface area is 204 Å². The van der Waals surface area contributed by atoms with Gasteiger partial charge in [0.25, 0.3) is 17.7 Å². The van der Waals surface area contributed by atoms with Gasteiger partial charge in [0.1, 0.15) is 5.01 Å².